The Kier molecular flexibility index (Phi) is 19.9. The zero-order valence-electron chi connectivity index (χ0n) is 92.9. The Morgan fingerprint density at radius 1 is 0.307 bits per heavy atom. The summed E-state index contributed by atoms with van der Waals surface area (Å²) in [5, 5.41) is 12.5. The predicted octanol–water partition coefficient (Wildman–Crippen LogP) is 24.7. The lowest BCUT2D eigenvalue weighted by atomic mass is 9.84. The Morgan fingerprint density at radius 2 is 0.629 bits per heavy atom. The number of hydrogen-bond donors (Lipinski definition) is 0. The molecule has 7 aliphatic rings. The van der Waals surface area contributed by atoms with Gasteiger partial charge in [-0.3, -0.25) is 0 Å². The fourth-order valence-electron chi connectivity index (χ4n) is 24.4. The number of benzene rings is 10. The summed E-state index contributed by atoms with van der Waals surface area (Å²) in [6.07, 6.45) is 35.1. The SMILES string of the molecule is Cc1cc[n+](C)c(-c2c3c(c4ccccc4c2C)-n2cc(C)nc2C3)c1.[2H]C([2H])([2H])c1c[n+](C)c(-c2c3c(c4ccccc4c2C)-n2cc(C)nc2C3)cc1C.[2H]C([2H])([2H])c1ccc(-c2c3c(c4ccccc4c2C)-n2cc(C)nc2C3)[n+](C)c1.[2H]C([2H])(c1cc[n+](C)c(-c2c3c(c4ccccc4c2C)-n2ccnc2C3)c1)C1CCCC1.[2H]C([2H])(c1cc[n+](C)c(-c2c3c(c4ccccc4c2C)-n2ccnc2C3)c1)C1CCCCC1. The van der Waals surface area contributed by atoms with Crippen molar-refractivity contribution in [2.24, 2.45) is 47.1 Å². The fraction of sp³-hybridized carbons (Fsp3) is 0.280. The molecule has 5 aliphatic heterocycles. The number of rotatable bonds is 9. The van der Waals surface area contributed by atoms with Gasteiger partial charge in [-0.1, -0.05) is 179 Å². The van der Waals surface area contributed by atoms with E-state index in [1.807, 2.05) is 93.1 Å². The first-order valence-electron chi connectivity index (χ1n) is 54.8. The van der Waals surface area contributed by atoms with Crippen LogP contribution in [0.2, 0.25) is 0 Å². The summed E-state index contributed by atoms with van der Waals surface area (Å²) >= 11 is 0. The molecule has 10 aromatic carbocycles. The Morgan fingerprint density at radius 3 is 0.993 bits per heavy atom. The lowest BCUT2D eigenvalue weighted by molar-refractivity contribution is -0.660. The van der Waals surface area contributed by atoms with Gasteiger partial charge in [0.1, 0.15) is 64.4 Å². The number of aromatic nitrogens is 15. The molecular weight excluding hydrogens is 1710 g/mol. The van der Waals surface area contributed by atoms with E-state index in [0.29, 0.717) is 11.1 Å². The van der Waals surface area contributed by atoms with Crippen LogP contribution in [0.25, 0.3) is 139 Å². The highest BCUT2D eigenvalue weighted by atomic mass is 15.1. The van der Waals surface area contributed by atoms with Crippen LogP contribution in [0.1, 0.15) is 207 Å². The van der Waals surface area contributed by atoms with Crippen molar-refractivity contribution < 1.29 is 36.5 Å². The van der Waals surface area contributed by atoms with E-state index in [1.54, 1.807) is 18.5 Å². The minimum Gasteiger partial charge on any atom is -0.303 e. The molecule has 0 saturated heterocycles. The Balaban J connectivity index is 0.000000103. The summed E-state index contributed by atoms with van der Waals surface area (Å²) in [6.45, 7) is 16.9. The quantitative estimate of drug-likeness (QED) is 0.134. The van der Waals surface area contributed by atoms with Gasteiger partial charge in [0.2, 0.25) is 28.5 Å². The van der Waals surface area contributed by atoms with Gasteiger partial charge in [0, 0.05) is 176 Å². The van der Waals surface area contributed by atoms with E-state index in [9.17, 15) is 0 Å². The molecule has 2 fully saturated rings. The average Bonchev–Trinajstić information content (AvgIpc) is 1.56. The average molecular weight is 1850 g/mol. The molecule has 0 spiro atoms. The minimum atomic E-state index is -2.12. The molecule has 0 unspecified atom stereocenters. The van der Waals surface area contributed by atoms with Gasteiger partial charge in [-0.2, -0.15) is 0 Å². The molecule has 0 amide bonds. The molecule has 15 heteroatoms. The molecule has 140 heavy (non-hydrogen) atoms. The minimum absolute atomic E-state index is 0.0974. The number of pyridine rings is 5. The molecule has 2 aliphatic carbocycles. The van der Waals surface area contributed by atoms with Gasteiger partial charge in [0.25, 0.3) is 0 Å². The van der Waals surface area contributed by atoms with Crippen molar-refractivity contribution in [1.82, 2.24) is 47.8 Å². The van der Waals surface area contributed by atoms with Crippen molar-refractivity contribution in [2.75, 3.05) is 0 Å². The van der Waals surface area contributed by atoms with Crippen molar-refractivity contribution in [1.29, 1.82) is 0 Å². The van der Waals surface area contributed by atoms with Crippen LogP contribution in [0.15, 0.2) is 250 Å². The van der Waals surface area contributed by atoms with E-state index in [1.165, 1.54) is 183 Å². The topological polar surface area (TPSA) is 108 Å². The van der Waals surface area contributed by atoms with Crippen molar-refractivity contribution in [2.45, 2.75) is 186 Å². The van der Waals surface area contributed by atoms with Crippen molar-refractivity contribution in [3.63, 3.8) is 0 Å². The monoisotopic (exact) mass is 1850 g/mol. The normalized spacial score (nSPS) is 15.4. The first-order chi connectivity index (χ1) is 71.9. The van der Waals surface area contributed by atoms with E-state index in [0.717, 1.165) is 169 Å². The second kappa shape index (κ2) is 35.6. The van der Waals surface area contributed by atoms with Crippen molar-refractivity contribution in [3.8, 4) is 84.7 Å². The van der Waals surface area contributed by atoms with Crippen LogP contribution in [0.3, 0.4) is 0 Å². The first kappa shape index (κ1) is 78.2. The Bertz CT molecular complexity index is 8970. The van der Waals surface area contributed by atoms with Gasteiger partial charge in [0.05, 0.1) is 73.3 Å². The van der Waals surface area contributed by atoms with Gasteiger partial charge < -0.3 is 22.8 Å². The summed E-state index contributed by atoms with van der Waals surface area (Å²) in [6, 6.07) is 61.3. The number of fused-ring (bicyclic) bond motifs is 25. The van der Waals surface area contributed by atoms with E-state index in [2.05, 4.69) is 299 Å². The maximum Gasteiger partial charge on any atom is 0.213 e. The van der Waals surface area contributed by atoms with Crippen LogP contribution < -0.4 is 22.8 Å². The molecule has 0 bridgehead atoms. The smallest absolute Gasteiger partial charge is 0.213 e. The summed E-state index contributed by atoms with van der Waals surface area (Å²) in [7, 11) is 10.1. The van der Waals surface area contributed by atoms with Crippen LogP contribution in [-0.2, 0) is 80.1 Å². The van der Waals surface area contributed by atoms with E-state index >= 15 is 0 Å². The molecule has 696 valence electrons. The number of imidazole rings is 5. The summed E-state index contributed by atoms with van der Waals surface area (Å²) in [5.41, 5.74) is 38.0. The third kappa shape index (κ3) is 15.3. The predicted molar refractivity (Wildman–Crippen MR) is 565 cm³/mol. The molecule has 0 N–H and O–H groups in total. The number of hydrogen-bond acceptors (Lipinski definition) is 5. The molecule has 10 aromatic heterocycles. The lowest BCUT2D eigenvalue weighted by Gasteiger charge is -2.21. The first-order valence-corrected chi connectivity index (χ1v) is 49.8. The van der Waals surface area contributed by atoms with Gasteiger partial charge in [-0.05, 0) is 218 Å². The van der Waals surface area contributed by atoms with Gasteiger partial charge in [-0.15, -0.1) is 0 Å². The Labute approximate surface area is 836 Å². The third-order valence-electron chi connectivity index (χ3n) is 31.0. The van der Waals surface area contributed by atoms with E-state index < -0.39 is 26.4 Å². The maximum absolute atomic E-state index is 9.05. The summed E-state index contributed by atoms with van der Waals surface area (Å²) < 4.78 is 104. The van der Waals surface area contributed by atoms with Crippen molar-refractivity contribution in [3.05, 3.63) is 386 Å². The fourth-order valence-corrected chi connectivity index (χ4v) is 24.4. The summed E-state index contributed by atoms with van der Waals surface area (Å²) in [5.74, 6) is 5.59. The second-order valence-electron chi connectivity index (χ2n) is 40.1. The molecular formula is C125H126N15+5. The third-order valence-corrected chi connectivity index (χ3v) is 31.0. The van der Waals surface area contributed by atoms with Crippen LogP contribution in [0.5, 0.6) is 0 Å². The van der Waals surface area contributed by atoms with Crippen LogP contribution in [0.4, 0.5) is 0 Å². The second-order valence-corrected chi connectivity index (χ2v) is 40.1. The Hall–Kier alpha value is -14.7. The van der Waals surface area contributed by atoms with Crippen LogP contribution in [0, 0.1) is 94.8 Å². The van der Waals surface area contributed by atoms with E-state index in [4.69, 9.17) is 28.7 Å². The molecule has 15 nitrogen and oxygen atoms in total. The number of aryl methyl sites for hydroxylation is 17. The van der Waals surface area contributed by atoms with E-state index in [-0.39, 0.29) is 11.8 Å². The molecule has 2 saturated carbocycles. The van der Waals surface area contributed by atoms with Gasteiger partial charge in [-0.25, -0.2) is 47.8 Å². The molecule has 0 atom stereocenters. The summed E-state index contributed by atoms with van der Waals surface area (Å²) in [4.78, 5) is 23.5. The highest BCUT2D eigenvalue weighted by Crippen LogP contribution is 2.50. The highest BCUT2D eigenvalue weighted by molar-refractivity contribution is 6.05. The molecule has 0 radical (unpaired) electrons. The number of nitrogens with zero attached hydrogens (tertiary/aromatic N) is 15. The van der Waals surface area contributed by atoms with Gasteiger partial charge in [0.15, 0.2) is 31.0 Å². The highest BCUT2D eigenvalue weighted by Gasteiger charge is 2.38. The molecule has 20 aromatic rings. The molecule has 15 heterocycles. The zero-order valence-corrected chi connectivity index (χ0v) is 82.9. The van der Waals surface area contributed by atoms with Gasteiger partial charge >= 0.3 is 0 Å². The lowest BCUT2D eigenvalue weighted by Crippen LogP contribution is -2.32. The largest absolute Gasteiger partial charge is 0.303 e. The molecule has 27 rings (SSSR count). The van der Waals surface area contributed by atoms with Crippen LogP contribution >= 0.6 is 0 Å². The van der Waals surface area contributed by atoms with Crippen LogP contribution in [-0.4, -0.2) is 47.8 Å². The van der Waals surface area contributed by atoms with Crippen molar-refractivity contribution >= 4 is 53.9 Å². The standard InChI is InChI=1S/C28H30N3.C27H28N3.C24H24N3.2C23H22N3/c1-19-22-10-6-7-11-23(22)28-24(18-26-29-13-15-31(26)28)27(19)25-17-21(12-14-30(25)2)16-20-8-4-3-5-9-20;1-18-21-9-5-6-10-22(21)27-23(17-25-28-12-14-30(25)27)26(18)24-16-20(11-13-29(24)2)15-19-7-3-4-8-19;1-14-10-21(26(5)12-15(14)2)23-17(4)18-8-6-7-9-19(18)24-20(23)11-22-25-16(3)13-27(22)24;1-14-9-10-20(25(4)12-14)22-16(3)17-7-5-6-8-18(17)23-19(22)11-21-24-15(2)13-26(21)23;1-14-9-10-25(4)20(11-14)22-16(3)17-7-5-6-8-18(17)23-19(22)12-21-24-15(2)13-26(21)23/h6-7,10-15,17,20H,3-5,8-9,16,18H2,1-2H3;5-6,9-14,16,19H,3-4,7-8,15,17H2,1-2H3;6-10,12-13H,11H2,1-5H3;5-10,12-13H,11H2,1-4H3;5-11,13H,12H2,1-4H3/q5*+1/i16D2;15D2;2D3;1D3;. The maximum atomic E-state index is 9.05. The zero-order chi connectivity index (χ0) is 105.